The van der Waals surface area contributed by atoms with Gasteiger partial charge in [0.1, 0.15) is 29.0 Å². The second-order valence-electron chi connectivity index (χ2n) is 16.8. The molecule has 10 rings (SSSR count). The van der Waals surface area contributed by atoms with Crippen LogP contribution < -0.4 is 15.9 Å². The number of nitro groups is 1. The van der Waals surface area contributed by atoms with Crippen LogP contribution >= 0.6 is 30.0 Å². The standard InChI is InChI=1S/C57H45N4O7PS2/c1-40(62)68-51(49-38-59-36-37-70-56(59)58-49)50-52(63)60(54(50)71-57(42-20-8-2-9-21-42,43-22-10-3-11-23-43)44-24-12-4-13-25-44)53(55(64)67-39-41-32-34-45(35-33-41)61(65)66)69(46-26-14-5-15-27-46,47-28-16-6-17-29-47)48-30-18-7-19-31-48/h2-38,50-51,54H,39H2,1H3. The van der Waals surface area contributed by atoms with Crippen LogP contribution in [0.4, 0.5) is 5.69 Å². The zero-order chi connectivity index (χ0) is 49.0. The van der Waals surface area contributed by atoms with Crippen molar-refractivity contribution in [3.05, 3.63) is 262 Å². The van der Waals surface area contributed by atoms with Gasteiger partial charge >= 0.3 is 11.9 Å². The Morgan fingerprint density at radius 2 is 1.18 bits per heavy atom. The van der Waals surface area contributed by atoms with Crippen molar-refractivity contribution < 1.29 is 28.8 Å². The fourth-order valence-corrected chi connectivity index (χ4v) is 16.5. The second-order valence-corrected chi connectivity index (χ2v) is 22.3. The summed E-state index contributed by atoms with van der Waals surface area (Å²) in [5.41, 5.74) is 3.62. The minimum Gasteiger partial charge on any atom is -0.456 e. The van der Waals surface area contributed by atoms with Crippen LogP contribution in [0.3, 0.4) is 0 Å². The Hall–Kier alpha value is -7.83. The topological polar surface area (TPSA) is 133 Å². The molecule has 2 aromatic heterocycles. The Labute approximate surface area is 418 Å². The van der Waals surface area contributed by atoms with E-state index in [0.29, 0.717) is 16.2 Å². The van der Waals surface area contributed by atoms with Gasteiger partial charge < -0.3 is 9.47 Å². The molecule has 1 aliphatic heterocycles. The van der Waals surface area contributed by atoms with Crippen molar-refractivity contribution in [1.29, 1.82) is 0 Å². The number of hydrogen-bond donors (Lipinski definition) is 0. The van der Waals surface area contributed by atoms with Gasteiger partial charge in [0.2, 0.25) is 5.91 Å². The summed E-state index contributed by atoms with van der Waals surface area (Å²) in [5.74, 6) is -2.93. The number of esters is 2. The molecule has 11 nitrogen and oxygen atoms in total. The third kappa shape index (κ3) is 8.77. The van der Waals surface area contributed by atoms with Crippen LogP contribution in [0.25, 0.3) is 4.96 Å². The molecule has 0 N–H and O–H groups in total. The van der Waals surface area contributed by atoms with Crippen molar-refractivity contribution in [1.82, 2.24) is 14.3 Å². The van der Waals surface area contributed by atoms with Crippen LogP contribution in [0.5, 0.6) is 0 Å². The van der Waals surface area contributed by atoms with Crippen LogP contribution in [-0.4, -0.2) is 47.8 Å². The number of ether oxygens (including phenoxy) is 2. The van der Waals surface area contributed by atoms with Crippen LogP contribution in [0.2, 0.25) is 0 Å². The number of likely N-dealkylation sites (tertiary alicyclic amines) is 1. The Morgan fingerprint density at radius 1 is 0.718 bits per heavy atom. The molecule has 0 spiro atoms. The highest BCUT2D eigenvalue weighted by atomic mass is 32.2. The first-order valence-electron chi connectivity index (χ1n) is 22.8. The Bertz CT molecular complexity index is 3170. The molecule has 7 aromatic carbocycles. The molecule has 0 bridgehead atoms. The number of aromatic nitrogens is 2. The van der Waals surface area contributed by atoms with E-state index in [1.807, 2.05) is 162 Å². The van der Waals surface area contributed by atoms with Gasteiger partial charge in [-0.1, -0.05) is 182 Å². The fourth-order valence-electron chi connectivity index (χ4n) is 9.49. The number of hydrogen-bond acceptors (Lipinski definition) is 10. The minimum absolute atomic E-state index is 0.106. The number of fused-ring (bicyclic) bond motifs is 1. The van der Waals surface area contributed by atoms with E-state index >= 15 is 9.59 Å². The van der Waals surface area contributed by atoms with Crippen molar-refractivity contribution >= 4 is 79.8 Å². The highest BCUT2D eigenvalue weighted by molar-refractivity contribution is 8.01. The summed E-state index contributed by atoms with van der Waals surface area (Å²) in [5, 5.41) is 14.9. The Morgan fingerprint density at radius 3 is 1.62 bits per heavy atom. The first kappa shape index (κ1) is 46.9. The molecule has 0 saturated carbocycles. The molecule has 1 aliphatic rings. The summed E-state index contributed by atoms with van der Waals surface area (Å²) in [4.78, 5) is 64.2. The summed E-state index contributed by atoms with van der Waals surface area (Å²) < 4.78 is 13.5. The smallest absolute Gasteiger partial charge is 0.356 e. The number of nitro benzene ring substituents is 1. The molecule has 3 atom stereocenters. The van der Waals surface area contributed by atoms with Crippen LogP contribution in [-0.2, 0) is 35.2 Å². The fraction of sp³-hybridized carbons (Fsp3) is 0.105. The van der Waals surface area contributed by atoms with E-state index < -0.39 is 51.8 Å². The molecule has 0 radical (unpaired) electrons. The molecular weight excluding hydrogens is 948 g/mol. The maximum atomic E-state index is 16.3. The lowest BCUT2D eigenvalue weighted by atomic mass is 9.84. The highest BCUT2D eigenvalue weighted by Crippen LogP contribution is 2.59. The van der Waals surface area contributed by atoms with Crippen molar-refractivity contribution in [2.45, 2.75) is 29.8 Å². The molecule has 1 amide bonds. The molecule has 3 heterocycles. The third-order valence-corrected chi connectivity index (χ3v) is 19.4. The summed E-state index contributed by atoms with van der Waals surface area (Å²) in [7, 11) is 0. The lowest BCUT2D eigenvalue weighted by Gasteiger charge is -2.53. The van der Waals surface area contributed by atoms with Gasteiger partial charge in [0, 0.05) is 43.7 Å². The van der Waals surface area contributed by atoms with E-state index in [9.17, 15) is 14.9 Å². The molecular formula is C57H45N4O7PS2. The van der Waals surface area contributed by atoms with E-state index in [1.54, 1.807) is 23.2 Å². The summed E-state index contributed by atoms with van der Waals surface area (Å²) in [6.45, 7) is -2.43. The minimum atomic E-state index is -3.49. The number of amides is 1. The molecule has 352 valence electrons. The lowest BCUT2D eigenvalue weighted by Crippen LogP contribution is -2.67. The molecule has 71 heavy (non-hydrogen) atoms. The number of carbonyl (C=O) groups is 3. The molecule has 14 heteroatoms. The second kappa shape index (κ2) is 20.3. The normalized spacial score (nSPS) is 15.1. The maximum absolute atomic E-state index is 16.3. The van der Waals surface area contributed by atoms with Gasteiger partial charge in [0.05, 0.1) is 9.67 Å². The SMILES string of the molecule is CC(=O)OC(c1cn2ccsc2n1)C1C(=O)N(C(C(=O)OCc2ccc([N+](=O)[O-])cc2)=P(c2ccccc2)(c2ccccc2)c2ccccc2)C1SC(c1ccccc1)(c1ccccc1)c1ccccc1. The van der Waals surface area contributed by atoms with E-state index in [4.69, 9.17) is 14.5 Å². The zero-order valence-electron chi connectivity index (χ0n) is 38.2. The van der Waals surface area contributed by atoms with E-state index in [-0.39, 0.29) is 17.7 Å². The molecule has 3 unspecified atom stereocenters. The maximum Gasteiger partial charge on any atom is 0.356 e. The van der Waals surface area contributed by atoms with Gasteiger partial charge in [-0.15, -0.1) is 23.1 Å². The monoisotopic (exact) mass is 992 g/mol. The number of imidazole rings is 1. The van der Waals surface area contributed by atoms with Crippen LogP contribution in [0.1, 0.15) is 41.0 Å². The number of nitrogens with zero attached hydrogens (tertiary/aromatic N) is 4. The average Bonchev–Trinajstić information content (AvgIpc) is 4.04. The van der Waals surface area contributed by atoms with Gasteiger partial charge in [0.15, 0.2) is 11.1 Å². The zero-order valence-corrected chi connectivity index (χ0v) is 40.7. The number of non-ortho nitro benzene ring substituents is 1. The quantitative estimate of drug-likeness (QED) is 0.0232. The average molecular weight is 993 g/mol. The van der Waals surface area contributed by atoms with Crippen LogP contribution in [0, 0.1) is 16.0 Å². The first-order chi connectivity index (χ1) is 34.7. The lowest BCUT2D eigenvalue weighted by molar-refractivity contribution is -0.384. The predicted molar refractivity (Wildman–Crippen MR) is 282 cm³/mol. The van der Waals surface area contributed by atoms with Crippen molar-refractivity contribution in [3.63, 3.8) is 0 Å². The number of carbonyl (C=O) groups excluding carboxylic acids is 3. The molecule has 9 aromatic rings. The van der Waals surface area contributed by atoms with Crippen LogP contribution in [0.15, 0.2) is 224 Å². The summed E-state index contributed by atoms with van der Waals surface area (Å²) in [6, 6.07) is 65.3. The van der Waals surface area contributed by atoms with Gasteiger partial charge in [-0.25, -0.2) is 9.78 Å². The van der Waals surface area contributed by atoms with Gasteiger partial charge in [-0.3, -0.25) is 29.0 Å². The molecule has 0 aliphatic carbocycles. The van der Waals surface area contributed by atoms with Crippen molar-refractivity contribution in [2.75, 3.05) is 0 Å². The van der Waals surface area contributed by atoms with Gasteiger partial charge in [-0.2, -0.15) is 0 Å². The third-order valence-electron chi connectivity index (χ3n) is 12.6. The number of benzene rings is 7. The molecule has 1 fully saturated rings. The van der Waals surface area contributed by atoms with Gasteiger partial charge in [-0.05, 0) is 50.3 Å². The summed E-state index contributed by atoms with van der Waals surface area (Å²) in [6.07, 6.45) is 2.46. The number of β-lactam (4-membered cyclic amide) rings is 1. The predicted octanol–water partition coefficient (Wildman–Crippen LogP) is 10.3. The van der Waals surface area contributed by atoms with E-state index in [2.05, 4.69) is 36.4 Å². The first-order valence-corrected chi connectivity index (χ1v) is 26.4. The number of thiazole rings is 1. The van der Waals surface area contributed by atoms with E-state index in [0.717, 1.165) is 32.6 Å². The Kier molecular flexibility index (Phi) is 13.4. The summed E-state index contributed by atoms with van der Waals surface area (Å²) >= 11 is 2.90. The Balaban J connectivity index is 1.30. The van der Waals surface area contributed by atoms with E-state index in [1.165, 1.54) is 42.2 Å². The van der Waals surface area contributed by atoms with Crippen molar-refractivity contribution in [2.24, 2.45) is 5.92 Å². The number of rotatable bonds is 16. The van der Waals surface area contributed by atoms with Gasteiger partial charge in [0.25, 0.3) is 5.69 Å². The van der Waals surface area contributed by atoms with Crippen molar-refractivity contribution in [3.8, 4) is 0 Å². The molecule has 1 saturated heterocycles. The largest absolute Gasteiger partial charge is 0.456 e. The highest BCUT2D eigenvalue weighted by Gasteiger charge is 2.61. The number of thioether (sulfide) groups is 1.